The minimum atomic E-state index is -0.290. The lowest BCUT2D eigenvalue weighted by atomic mass is 10.1. The van der Waals surface area contributed by atoms with E-state index < -0.39 is 0 Å². The molecule has 0 aliphatic carbocycles. The average molecular weight is 499 g/mol. The monoisotopic (exact) mass is 497 g/mol. The molecule has 0 amide bonds. The van der Waals surface area contributed by atoms with Gasteiger partial charge < -0.3 is 9.47 Å². The Kier molecular flexibility index (Phi) is 6.06. The van der Waals surface area contributed by atoms with Crippen LogP contribution in [0.4, 0.5) is 0 Å². The SMILES string of the molecule is COc1ccc(-c2nc3ccc(Br)cc3c(=O)n2N=Cc2ccc(Cl)cc2)cc1OC. The van der Waals surface area contributed by atoms with E-state index in [4.69, 9.17) is 26.1 Å². The van der Waals surface area contributed by atoms with Gasteiger partial charge in [-0.1, -0.05) is 39.7 Å². The summed E-state index contributed by atoms with van der Waals surface area (Å²) in [6.07, 6.45) is 1.59. The van der Waals surface area contributed by atoms with Gasteiger partial charge in [0.15, 0.2) is 17.3 Å². The average Bonchev–Trinajstić information content (AvgIpc) is 2.79. The molecule has 0 atom stereocenters. The molecule has 4 rings (SSSR count). The smallest absolute Gasteiger partial charge is 0.282 e. The first kappa shape index (κ1) is 21.1. The van der Waals surface area contributed by atoms with Crippen LogP contribution in [-0.4, -0.2) is 30.1 Å². The van der Waals surface area contributed by atoms with Crippen molar-refractivity contribution in [3.63, 3.8) is 0 Å². The Bertz CT molecular complexity index is 1350. The van der Waals surface area contributed by atoms with E-state index in [2.05, 4.69) is 21.0 Å². The van der Waals surface area contributed by atoms with Gasteiger partial charge in [0, 0.05) is 15.1 Å². The largest absolute Gasteiger partial charge is 0.493 e. The minimum Gasteiger partial charge on any atom is -0.493 e. The molecule has 4 aromatic rings. The molecule has 0 aliphatic heterocycles. The number of methoxy groups -OCH3 is 2. The standard InChI is InChI=1S/C23H17BrClN3O3/c1-30-20-10-5-15(11-21(20)31-2)22-27-19-9-6-16(24)12-18(19)23(29)28(22)26-13-14-3-7-17(25)8-4-14/h3-13H,1-2H3. The molecule has 31 heavy (non-hydrogen) atoms. The van der Waals surface area contributed by atoms with Crippen LogP contribution < -0.4 is 15.0 Å². The Morgan fingerprint density at radius 3 is 2.45 bits per heavy atom. The summed E-state index contributed by atoms with van der Waals surface area (Å²) in [5.74, 6) is 1.49. The maximum absolute atomic E-state index is 13.3. The summed E-state index contributed by atoms with van der Waals surface area (Å²) in [7, 11) is 3.12. The maximum atomic E-state index is 13.3. The quantitative estimate of drug-likeness (QED) is 0.347. The number of halogens is 2. The molecule has 0 fully saturated rings. The molecule has 0 saturated carbocycles. The zero-order valence-corrected chi connectivity index (χ0v) is 19.0. The second-order valence-electron chi connectivity index (χ2n) is 6.58. The van der Waals surface area contributed by atoms with Gasteiger partial charge in [-0.2, -0.15) is 9.78 Å². The first-order chi connectivity index (χ1) is 15.0. The van der Waals surface area contributed by atoms with Crippen LogP contribution in [0.15, 0.2) is 75.0 Å². The van der Waals surface area contributed by atoms with Gasteiger partial charge >= 0.3 is 0 Å². The Balaban J connectivity index is 1.95. The van der Waals surface area contributed by atoms with Gasteiger partial charge in [-0.05, 0) is 54.1 Å². The maximum Gasteiger partial charge on any atom is 0.282 e. The number of ether oxygens (including phenoxy) is 2. The molecule has 0 unspecified atom stereocenters. The minimum absolute atomic E-state index is 0.290. The zero-order chi connectivity index (χ0) is 22.0. The number of nitrogens with zero attached hydrogens (tertiary/aromatic N) is 3. The second kappa shape index (κ2) is 8.91. The van der Waals surface area contributed by atoms with Crippen LogP contribution in [0.25, 0.3) is 22.3 Å². The van der Waals surface area contributed by atoms with E-state index in [0.29, 0.717) is 38.8 Å². The van der Waals surface area contributed by atoms with Crippen molar-refractivity contribution in [2.75, 3.05) is 14.2 Å². The molecule has 3 aromatic carbocycles. The van der Waals surface area contributed by atoms with E-state index >= 15 is 0 Å². The summed E-state index contributed by atoms with van der Waals surface area (Å²) in [6, 6.07) is 17.9. The molecule has 0 aliphatic rings. The fraction of sp³-hybridized carbons (Fsp3) is 0.0870. The van der Waals surface area contributed by atoms with E-state index in [1.165, 1.54) is 4.68 Å². The number of hydrogen-bond donors (Lipinski definition) is 0. The van der Waals surface area contributed by atoms with Gasteiger partial charge in [0.2, 0.25) is 0 Å². The van der Waals surface area contributed by atoms with Gasteiger partial charge in [-0.3, -0.25) is 4.79 Å². The third-order valence-corrected chi connectivity index (χ3v) is 5.39. The number of fused-ring (bicyclic) bond motifs is 1. The zero-order valence-electron chi connectivity index (χ0n) is 16.7. The highest BCUT2D eigenvalue weighted by atomic mass is 79.9. The van der Waals surface area contributed by atoms with E-state index in [1.54, 1.807) is 56.8 Å². The summed E-state index contributed by atoms with van der Waals surface area (Å²) in [6.45, 7) is 0. The lowest BCUT2D eigenvalue weighted by Gasteiger charge is -2.12. The van der Waals surface area contributed by atoms with Crippen molar-refractivity contribution in [2.45, 2.75) is 0 Å². The molecular formula is C23H17BrClN3O3. The van der Waals surface area contributed by atoms with E-state index in [-0.39, 0.29) is 5.56 Å². The van der Waals surface area contributed by atoms with Crippen LogP contribution in [0.3, 0.4) is 0 Å². The third kappa shape index (κ3) is 4.33. The predicted octanol–water partition coefficient (Wildman–Crippen LogP) is 5.38. The fourth-order valence-electron chi connectivity index (χ4n) is 3.09. The van der Waals surface area contributed by atoms with E-state index in [1.807, 2.05) is 24.3 Å². The van der Waals surface area contributed by atoms with Gasteiger partial charge in [-0.25, -0.2) is 4.98 Å². The Labute approximate surface area is 191 Å². The van der Waals surface area contributed by atoms with Crippen LogP contribution in [0.5, 0.6) is 11.5 Å². The Morgan fingerprint density at radius 1 is 1.00 bits per heavy atom. The molecule has 1 aromatic heterocycles. The molecule has 0 radical (unpaired) electrons. The predicted molar refractivity (Wildman–Crippen MR) is 127 cm³/mol. The van der Waals surface area contributed by atoms with Gasteiger partial charge in [0.05, 0.1) is 31.3 Å². The fourth-order valence-corrected chi connectivity index (χ4v) is 3.58. The second-order valence-corrected chi connectivity index (χ2v) is 7.93. The van der Waals surface area contributed by atoms with Crippen molar-refractivity contribution in [2.24, 2.45) is 5.10 Å². The Hall–Kier alpha value is -3.16. The van der Waals surface area contributed by atoms with Gasteiger partial charge in [-0.15, -0.1) is 0 Å². The van der Waals surface area contributed by atoms with Crippen LogP contribution in [0.2, 0.25) is 5.02 Å². The molecule has 0 bridgehead atoms. The molecule has 1 heterocycles. The molecule has 0 spiro atoms. The number of aromatic nitrogens is 2. The highest BCUT2D eigenvalue weighted by Gasteiger charge is 2.15. The highest BCUT2D eigenvalue weighted by molar-refractivity contribution is 9.10. The molecule has 6 nitrogen and oxygen atoms in total. The normalized spacial score (nSPS) is 11.2. The molecule has 8 heteroatoms. The topological polar surface area (TPSA) is 65.7 Å². The Morgan fingerprint density at radius 2 is 1.74 bits per heavy atom. The van der Waals surface area contributed by atoms with Crippen LogP contribution in [0, 0.1) is 0 Å². The first-order valence-corrected chi connectivity index (χ1v) is 10.4. The molecule has 0 N–H and O–H groups in total. The van der Waals surface area contributed by atoms with Gasteiger partial charge in [0.1, 0.15) is 0 Å². The van der Waals surface area contributed by atoms with Gasteiger partial charge in [0.25, 0.3) is 5.56 Å². The van der Waals surface area contributed by atoms with Crippen molar-refractivity contribution in [1.29, 1.82) is 0 Å². The van der Waals surface area contributed by atoms with Crippen LogP contribution in [-0.2, 0) is 0 Å². The van der Waals surface area contributed by atoms with Crippen molar-refractivity contribution < 1.29 is 9.47 Å². The summed E-state index contributed by atoms with van der Waals surface area (Å²) >= 11 is 9.37. The van der Waals surface area contributed by atoms with Crippen molar-refractivity contribution >= 4 is 44.6 Å². The summed E-state index contributed by atoms with van der Waals surface area (Å²) in [5.41, 5.74) is 1.73. The lowest BCUT2D eigenvalue weighted by Crippen LogP contribution is -2.20. The highest BCUT2D eigenvalue weighted by Crippen LogP contribution is 2.32. The molecular weight excluding hydrogens is 482 g/mol. The van der Waals surface area contributed by atoms with E-state index in [0.717, 1.165) is 10.0 Å². The first-order valence-electron chi connectivity index (χ1n) is 9.25. The van der Waals surface area contributed by atoms with Crippen LogP contribution in [0.1, 0.15) is 5.56 Å². The third-order valence-electron chi connectivity index (χ3n) is 4.64. The summed E-state index contributed by atoms with van der Waals surface area (Å²) < 4.78 is 12.8. The van der Waals surface area contributed by atoms with Crippen LogP contribution >= 0.6 is 27.5 Å². The van der Waals surface area contributed by atoms with E-state index in [9.17, 15) is 4.79 Å². The number of benzene rings is 3. The van der Waals surface area contributed by atoms with Crippen molar-refractivity contribution in [3.8, 4) is 22.9 Å². The van der Waals surface area contributed by atoms with Crippen molar-refractivity contribution in [3.05, 3.63) is 86.1 Å². The summed E-state index contributed by atoms with van der Waals surface area (Å²) in [4.78, 5) is 18.1. The summed E-state index contributed by atoms with van der Waals surface area (Å²) in [5, 5.41) is 5.52. The molecule has 156 valence electrons. The number of rotatable bonds is 5. The lowest BCUT2D eigenvalue weighted by molar-refractivity contribution is 0.355. The van der Waals surface area contributed by atoms with Crippen molar-refractivity contribution in [1.82, 2.24) is 9.66 Å². The molecule has 0 saturated heterocycles. The number of hydrogen-bond acceptors (Lipinski definition) is 5.